The first-order chi connectivity index (χ1) is 14.1. The minimum Gasteiger partial charge on any atom is -0.489 e. The Hall–Kier alpha value is -3.60. The third-order valence-corrected chi connectivity index (χ3v) is 4.59. The van der Waals surface area contributed by atoms with E-state index in [1.54, 1.807) is 31.1 Å². The lowest BCUT2D eigenvalue weighted by Gasteiger charge is -2.19. The second kappa shape index (κ2) is 9.55. The zero-order valence-electron chi connectivity index (χ0n) is 16.6. The van der Waals surface area contributed by atoms with Crippen molar-refractivity contribution in [2.75, 3.05) is 14.1 Å². The van der Waals surface area contributed by atoms with E-state index in [2.05, 4.69) is 5.32 Å². The lowest BCUT2D eigenvalue weighted by Crippen LogP contribution is -2.27. The van der Waals surface area contributed by atoms with Crippen LogP contribution in [0.4, 0.5) is 0 Å². The zero-order chi connectivity index (χ0) is 20.6. The topological polar surface area (TPSA) is 58.6 Å². The molecule has 0 heterocycles. The molecule has 0 saturated heterocycles. The molecule has 0 atom stereocenters. The van der Waals surface area contributed by atoms with E-state index in [-0.39, 0.29) is 11.8 Å². The van der Waals surface area contributed by atoms with Gasteiger partial charge in [0.2, 0.25) is 0 Å². The molecule has 0 fully saturated rings. The number of para-hydroxylation sites is 1. The Balaban J connectivity index is 1.68. The van der Waals surface area contributed by atoms with Crippen molar-refractivity contribution in [2.45, 2.75) is 13.2 Å². The van der Waals surface area contributed by atoms with E-state index in [0.717, 1.165) is 16.9 Å². The summed E-state index contributed by atoms with van der Waals surface area (Å²) in [6.45, 7) is 0.765. The Morgan fingerprint density at radius 1 is 0.897 bits per heavy atom. The molecule has 0 radical (unpaired) electrons. The number of benzene rings is 3. The molecule has 148 valence electrons. The lowest BCUT2D eigenvalue weighted by molar-refractivity contribution is 0.0782. The Kier molecular flexibility index (Phi) is 6.63. The van der Waals surface area contributed by atoms with Crippen LogP contribution in [0.3, 0.4) is 0 Å². The number of rotatable bonds is 7. The fourth-order valence-electron chi connectivity index (χ4n) is 2.99. The van der Waals surface area contributed by atoms with Crippen molar-refractivity contribution in [3.8, 4) is 5.75 Å². The average molecular weight is 388 g/mol. The van der Waals surface area contributed by atoms with Gasteiger partial charge in [0.15, 0.2) is 0 Å². The second-order valence-electron chi connectivity index (χ2n) is 6.70. The summed E-state index contributed by atoms with van der Waals surface area (Å²) < 4.78 is 5.82. The number of nitrogens with one attached hydrogen (secondary N) is 1. The van der Waals surface area contributed by atoms with E-state index in [9.17, 15) is 9.59 Å². The lowest BCUT2D eigenvalue weighted by atomic mass is 10.1. The maximum Gasteiger partial charge on any atom is 0.254 e. The van der Waals surface area contributed by atoms with Gasteiger partial charge in [-0.05, 0) is 35.9 Å². The number of amides is 2. The summed E-state index contributed by atoms with van der Waals surface area (Å²) in [6.07, 6.45) is 0. The summed E-state index contributed by atoms with van der Waals surface area (Å²) >= 11 is 0. The van der Waals surface area contributed by atoms with Crippen molar-refractivity contribution >= 4 is 11.8 Å². The van der Waals surface area contributed by atoms with Crippen LogP contribution in [-0.2, 0) is 13.2 Å². The van der Waals surface area contributed by atoms with Crippen LogP contribution in [0.15, 0.2) is 78.9 Å². The fraction of sp³-hybridized carbons (Fsp3) is 0.167. The zero-order valence-corrected chi connectivity index (χ0v) is 16.6. The summed E-state index contributed by atoms with van der Waals surface area (Å²) in [4.78, 5) is 26.3. The molecular formula is C24H24N2O3. The molecule has 29 heavy (non-hydrogen) atoms. The van der Waals surface area contributed by atoms with Crippen LogP contribution >= 0.6 is 0 Å². The molecule has 0 aromatic heterocycles. The summed E-state index contributed by atoms with van der Waals surface area (Å²) in [5, 5.41) is 2.60. The van der Waals surface area contributed by atoms with E-state index in [4.69, 9.17) is 4.74 Å². The van der Waals surface area contributed by atoms with Crippen molar-refractivity contribution in [2.24, 2.45) is 0 Å². The third kappa shape index (κ3) is 5.23. The minimum atomic E-state index is -0.131. The van der Waals surface area contributed by atoms with Crippen molar-refractivity contribution in [1.29, 1.82) is 0 Å². The molecule has 3 aromatic carbocycles. The van der Waals surface area contributed by atoms with E-state index < -0.39 is 0 Å². The summed E-state index contributed by atoms with van der Waals surface area (Å²) in [5.74, 6) is 0.556. The molecular weight excluding hydrogens is 364 g/mol. The first-order valence-corrected chi connectivity index (χ1v) is 9.40. The number of hydrogen-bond donors (Lipinski definition) is 1. The molecule has 0 saturated carbocycles. The maximum atomic E-state index is 13.0. The molecule has 0 aliphatic carbocycles. The van der Waals surface area contributed by atoms with Gasteiger partial charge in [-0.3, -0.25) is 9.59 Å². The Morgan fingerprint density at radius 2 is 1.55 bits per heavy atom. The smallest absolute Gasteiger partial charge is 0.254 e. The first kappa shape index (κ1) is 20.1. The van der Waals surface area contributed by atoms with E-state index in [0.29, 0.717) is 24.3 Å². The van der Waals surface area contributed by atoms with E-state index in [1.165, 1.54) is 0 Å². The Labute approximate surface area is 170 Å². The minimum absolute atomic E-state index is 0.0763. The van der Waals surface area contributed by atoms with Crippen molar-refractivity contribution < 1.29 is 14.3 Å². The van der Waals surface area contributed by atoms with Gasteiger partial charge >= 0.3 is 0 Å². The number of nitrogens with zero attached hydrogens (tertiary/aromatic N) is 1. The van der Waals surface area contributed by atoms with Gasteiger partial charge in [-0.15, -0.1) is 0 Å². The maximum absolute atomic E-state index is 13.0. The van der Waals surface area contributed by atoms with Gasteiger partial charge in [-0.25, -0.2) is 0 Å². The van der Waals surface area contributed by atoms with Crippen LogP contribution in [0, 0.1) is 0 Å². The molecule has 3 aromatic rings. The van der Waals surface area contributed by atoms with Gasteiger partial charge in [-0.1, -0.05) is 48.5 Å². The highest BCUT2D eigenvalue weighted by molar-refractivity contribution is 5.95. The molecule has 5 nitrogen and oxygen atoms in total. The van der Waals surface area contributed by atoms with Gasteiger partial charge in [0, 0.05) is 37.3 Å². The van der Waals surface area contributed by atoms with Crippen LogP contribution in [-0.4, -0.2) is 30.8 Å². The normalized spacial score (nSPS) is 10.3. The van der Waals surface area contributed by atoms with Crippen LogP contribution in [0.25, 0.3) is 0 Å². The highest BCUT2D eigenvalue weighted by atomic mass is 16.5. The van der Waals surface area contributed by atoms with Gasteiger partial charge in [0.1, 0.15) is 12.4 Å². The summed E-state index contributed by atoms with van der Waals surface area (Å²) in [5.41, 5.74) is 3.00. The van der Waals surface area contributed by atoms with Gasteiger partial charge in [0.25, 0.3) is 11.8 Å². The monoisotopic (exact) mass is 388 g/mol. The molecule has 0 unspecified atom stereocenters. The van der Waals surface area contributed by atoms with Gasteiger partial charge < -0.3 is 15.0 Å². The second-order valence-corrected chi connectivity index (χ2v) is 6.70. The van der Waals surface area contributed by atoms with E-state index in [1.807, 2.05) is 66.7 Å². The van der Waals surface area contributed by atoms with Crippen molar-refractivity contribution in [3.63, 3.8) is 0 Å². The van der Waals surface area contributed by atoms with Gasteiger partial charge in [0.05, 0.1) is 0 Å². The molecule has 2 amide bonds. The van der Waals surface area contributed by atoms with Crippen molar-refractivity contribution in [1.82, 2.24) is 10.2 Å². The molecule has 0 aliphatic rings. The fourth-order valence-corrected chi connectivity index (χ4v) is 2.99. The number of hydrogen-bond acceptors (Lipinski definition) is 3. The van der Waals surface area contributed by atoms with Crippen molar-refractivity contribution in [3.05, 3.63) is 101 Å². The number of ether oxygens (including phenoxy) is 1. The average Bonchev–Trinajstić information content (AvgIpc) is 2.78. The Bertz CT molecular complexity index is 969. The highest BCUT2D eigenvalue weighted by Gasteiger charge is 2.16. The summed E-state index contributed by atoms with van der Waals surface area (Å²) in [6, 6.07) is 24.2. The quantitative estimate of drug-likeness (QED) is 0.668. The van der Waals surface area contributed by atoms with Crippen LogP contribution in [0.1, 0.15) is 31.8 Å². The number of carbonyl (C=O) groups excluding carboxylic acids is 2. The Morgan fingerprint density at radius 3 is 2.24 bits per heavy atom. The molecule has 1 N–H and O–H groups in total. The molecule has 5 heteroatoms. The molecule has 3 rings (SSSR count). The van der Waals surface area contributed by atoms with Gasteiger partial charge in [-0.2, -0.15) is 0 Å². The molecule has 0 aliphatic heterocycles. The third-order valence-electron chi connectivity index (χ3n) is 4.59. The SMILES string of the molecule is CNC(=O)c1ccc(CN(C)C(=O)c2ccccc2COc2ccccc2)cc1. The molecule has 0 spiro atoms. The number of carbonyl (C=O) groups is 2. The highest BCUT2D eigenvalue weighted by Crippen LogP contribution is 2.17. The molecule has 0 bridgehead atoms. The van der Waals surface area contributed by atoms with Crippen LogP contribution in [0.5, 0.6) is 5.75 Å². The predicted octanol–water partition coefficient (Wildman–Crippen LogP) is 3.90. The predicted molar refractivity (Wildman–Crippen MR) is 113 cm³/mol. The van der Waals surface area contributed by atoms with Crippen LogP contribution in [0.2, 0.25) is 0 Å². The summed E-state index contributed by atoms with van der Waals surface area (Å²) in [7, 11) is 3.37. The standard InChI is InChI=1S/C24H24N2O3/c1-25-23(27)19-14-12-18(13-15-19)16-26(2)24(28)22-11-7-6-8-20(22)17-29-21-9-4-3-5-10-21/h3-15H,16-17H2,1-2H3,(H,25,27). The van der Waals surface area contributed by atoms with Crippen LogP contribution < -0.4 is 10.1 Å². The first-order valence-electron chi connectivity index (χ1n) is 9.40. The van der Waals surface area contributed by atoms with E-state index >= 15 is 0 Å². The largest absolute Gasteiger partial charge is 0.489 e.